The number of carbonyl (C=O) groups is 2. The van der Waals surface area contributed by atoms with Gasteiger partial charge in [-0.2, -0.15) is 0 Å². The van der Waals surface area contributed by atoms with Gasteiger partial charge in [-0.15, -0.1) is 0 Å². The summed E-state index contributed by atoms with van der Waals surface area (Å²) in [4.78, 5) is 21.8. The predicted octanol–water partition coefficient (Wildman–Crippen LogP) is 2.37. The predicted molar refractivity (Wildman–Crippen MR) is 69.7 cm³/mol. The number of anilines is 1. The molecule has 5 heteroatoms. The zero-order valence-electron chi connectivity index (χ0n) is 10.4. The lowest BCUT2D eigenvalue weighted by atomic mass is 10.2. The third kappa shape index (κ3) is 5.89. The molecule has 0 aromatic heterocycles. The monoisotopic (exact) mass is 250 g/mol. The van der Waals surface area contributed by atoms with E-state index in [9.17, 15) is 9.59 Å². The molecule has 0 aliphatic rings. The zero-order chi connectivity index (χ0) is 13.4. The highest BCUT2D eigenvalue weighted by Gasteiger charge is 2.01. The van der Waals surface area contributed by atoms with E-state index in [4.69, 9.17) is 5.11 Å². The van der Waals surface area contributed by atoms with E-state index in [1.807, 2.05) is 31.2 Å². The summed E-state index contributed by atoms with van der Waals surface area (Å²) in [7, 11) is 0. The number of hydrogen-bond donors (Lipinski definition) is 3. The second kappa shape index (κ2) is 7.32. The maximum absolute atomic E-state index is 11.5. The number of urea groups is 1. The van der Waals surface area contributed by atoms with Crippen molar-refractivity contribution < 1.29 is 14.7 Å². The summed E-state index contributed by atoms with van der Waals surface area (Å²) in [6.45, 7) is 2.43. The van der Waals surface area contributed by atoms with Crippen molar-refractivity contribution in [3.63, 3.8) is 0 Å². The smallest absolute Gasteiger partial charge is 0.319 e. The zero-order valence-corrected chi connectivity index (χ0v) is 10.4. The summed E-state index contributed by atoms with van der Waals surface area (Å²) in [6.07, 6.45) is 1.37. The van der Waals surface area contributed by atoms with Crippen molar-refractivity contribution in [2.24, 2.45) is 0 Å². The molecule has 0 bridgehead atoms. The largest absolute Gasteiger partial charge is 0.481 e. The number of carboxylic acid groups (broad SMARTS) is 1. The van der Waals surface area contributed by atoms with Crippen molar-refractivity contribution in [3.05, 3.63) is 29.8 Å². The van der Waals surface area contributed by atoms with Gasteiger partial charge >= 0.3 is 12.0 Å². The Morgan fingerprint density at radius 2 is 2.06 bits per heavy atom. The lowest BCUT2D eigenvalue weighted by Gasteiger charge is -2.07. The number of nitrogens with one attached hydrogen (secondary N) is 2. The Bertz CT molecular complexity index is 418. The number of benzene rings is 1. The molecule has 1 aromatic carbocycles. The standard InChI is InChI=1S/C13H18N2O3/c1-10-5-4-6-11(9-10)15-13(18)14-8-3-2-7-12(16)17/h4-6,9H,2-3,7-8H2,1H3,(H,16,17)(H2,14,15,18). The highest BCUT2D eigenvalue weighted by atomic mass is 16.4. The van der Waals surface area contributed by atoms with Crippen LogP contribution < -0.4 is 10.6 Å². The Balaban J connectivity index is 2.20. The fourth-order valence-electron chi connectivity index (χ4n) is 1.50. The minimum atomic E-state index is -0.806. The maximum atomic E-state index is 11.5. The minimum absolute atomic E-state index is 0.140. The van der Waals surface area contributed by atoms with Gasteiger partial charge in [0.1, 0.15) is 0 Å². The van der Waals surface area contributed by atoms with Gasteiger partial charge in [0.25, 0.3) is 0 Å². The second-order valence-corrected chi connectivity index (χ2v) is 4.10. The molecule has 3 N–H and O–H groups in total. The molecule has 2 amide bonds. The average Bonchev–Trinajstić information content (AvgIpc) is 2.28. The molecule has 0 saturated heterocycles. The van der Waals surface area contributed by atoms with E-state index in [1.54, 1.807) is 0 Å². The van der Waals surface area contributed by atoms with Crippen molar-refractivity contribution >= 4 is 17.7 Å². The van der Waals surface area contributed by atoms with Crippen molar-refractivity contribution in [2.75, 3.05) is 11.9 Å². The molecule has 98 valence electrons. The Hall–Kier alpha value is -2.04. The van der Waals surface area contributed by atoms with Crippen molar-refractivity contribution in [2.45, 2.75) is 26.2 Å². The highest BCUT2D eigenvalue weighted by molar-refractivity contribution is 5.89. The molecule has 0 unspecified atom stereocenters. The van der Waals surface area contributed by atoms with E-state index in [0.29, 0.717) is 19.4 Å². The fourth-order valence-corrected chi connectivity index (χ4v) is 1.50. The van der Waals surface area contributed by atoms with Gasteiger partial charge in [0, 0.05) is 18.7 Å². The van der Waals surface area contributed by atoms with Gasteiger partial charge in [0.05, 0.1) is 0 Å². The van der Waals surface area contributed by atoms with Crippen LogP contribution >= 0.6 is 0 Å². The molecular weight excluding hydrogens is 232 g/mol. The summed E-state index contributed by atoms with van der Waals surface area (Å²) in [5, 5.41) is 13.8. The first-order valence-corrected chi connectivity index (χ1v) is 5.91. The number of rotatable bonds is 6. The third-order valence-electron chi connectivity index (χ3n) is 2.38. The molecule has 1 aromatic rings. The number of aliphatic carboxylic acids is 1. The molecule has 0 saturated carbocycles. The molecule has 18 heavy (non-hydrogen) atoms. The van der Waals surface area contributed by atoms with E-state index in [0.717, 1.165) is 11.3 Å². The molecule has 0 aliphatic carbocycles. The Morgan fingerprint density at radius 1 is 1.28 bits per heavy atom. The van der Waals surface area contributed by atoms with Gasteiger partial charge in [0.2, 0.25) is 0 Å². The fraction of sp³-hybridized carbons (Fsp3) is 0.385. The molecule has 0 fully saturated rings. The number of carboxylic acids is 1. The number of carbonyl (C=O) groups excluding carboxylic acids is 1. The van der Waals surface area contributed by atoms with Crippen LogP contribution in [0.4, 0.5) is 10.5 Å². The molecule has 0 aliphatic heterocycles. The van der Waals surface area contributed by atoms with E-state index in [-0.39, 0.29) is 12.5 Å². The van der Waals surface area contributed by atoms with Crippen LogP contribution in [0.25, 0.3) is 0 Å². The van der Waals surface area contributed by atoms with Crippen LogP contribution in [0.3, 0.4) is 0 Å². The van der Waals surface area contributed by atoms with Crippen molar-refractivity contribution in [1.29, 1.82) is 0 Å². The Morgan fingerprint density at radius 3 is 2.72 bits per heavy atom. The molecule has 1 rings (SSSR count). The highest BCUT2D eigenvalue weighted by Crippen LogP contribution is 2.08. The van der Waals surface area contributed by atoms with Gasteiger partial charge in [-0.1, -0.05) is 12.1 Å². The molecule has 5 nitrogen and oxygen atoms in total. The minimum Gasteiger partial charge on any atom is -0.481 e. The van der Waals surface area contributed by atoms with Crippen LogP contribution in [0.2, 0.25) is 0 Å². The maximum Gasteiger partial charge on any atom is 0.319 e. The Labute approximate surface area is 106 Å². The topological polar surface area (TPSA) is 78.4 Å². The second-order valence-electron chi connectivity index (χ2n) is 4.10. The molecule has 0 spiro atoms. The van der Waals surface area contributed by atoms with Crippen LogP contribution in [0, 0.1) is 6.92 Å². The van der Waals surface area contributed by atoms with E-state index in [2.05, 4.69) is 10.6 Å². The lowest BCUT2D eigenvalue weighted by molar-refractivity contribution is -0.137. The number of aryl methyl sites for hydroxylation is 1. The first kappa shape index (κ1) is 14.0. The molecule has 0 radical (unpaired) electrons. The van der Waals surface area contributed by atoms with Crippen LogP contribution in [0.5, 0.6) is 0 Å². The Kier molecular flexibility index (Phi) is 5.70. The molecular formula is C13H18N2O3. The van der Waals surface area contributed by atoms with Crippen LogP contribution in [0.15, 0.2) is 24.3 Å². The van der Waals surface area contributed by atoms with Gasteiger partial charge in [-0.25, -0.2) is 4.79 Å². The normalized spacial score (nSPS) is 9.83. The van der Waals surface area contributed by atoms with Crippen LogP contribution in [0.1, 0.15) is 24.8 Å². The average molecular weight is 250 g/mol. The first-order chi connectivity index (χ1) is 8.58. The molecule has 0 heterocycles. The van der Waals surface area contributed by atoms with Gasteiger partial charge in [-0.05, 0) is 37.5 Å². The van der Waals surface area contributed by atoms with E-state index >= 15 is 0 Å². The summed E-state index contributed by atoms with van der Waals surface area (Å²) < 4.78 is 0. The van der Waals surface area contributed by atoms with Crippen LogP contribution in [-0.4, -0.2) is 23.7 Å². The SMILES string of the molecule is Cc1cccc(NC(=O)NCCCCC(=O)O)c1. The van der Waals surface area contributed by atoms with Gasteiger partial charge in [0.15, 0.2) is 0 Å². The number of amides is 2. The summed E-state index contributed by atoms with van der Waals surface area (Å²) in [6, 6.07) is 7.25. The third-order valence-corrected chi connectivity index (χ3v) is 2.38. The molecule has 0 atom stereocenters. The number of unbranched alkanes of at least 4 members (excludes halogenated alkanes) is 1. The summed E-state index contributed by atoms with van der Waals surface area (Å²) in [5.41, 5.74) is 1.83. The quantitative estimate of drug-likeness (QED) is 0.678. The van der Waals surface area contributed by atoms with Crippen molar-refractivity contribution in [3.8, 4) is 0 Å². The number of hydrogen-bond acceptors (Lipinski definition) is 2. The van der Waals surface area contributed by atoms with Crippen LogP contribution in [-0.2, 0) is 4.79 Å². The van der Waals surface area contributed by atoms with E-state index < -0.39 is 5.97 Å². The summed E-state index contributed by atoms with van der Waals surface area (Å²) in [5.74, 6) is -0.806. The van der Waals surface area contributed by atoms with Gasteiger partial charge in [-0.3, -0.25) is 4.79 Å². The van der Waals surface area contributed by atoms with E-state index in [1.165, 1.54) is 0 Å². The van der Waals surface area contributed by atoms with Gasteiger partial charge < -0.3 is 15.7 Å². The lowest BCUT2D eigenvalue weighted by Crippen LogP contribution is -2.29. The van der Waals surface area contributed by atoms with Crippen molar-refractivity contribution in [1.82, 2.24) is 5.32 Å². The first-order valence-electron chi connectivity index (χ1n) is 5.91. The summed E-state index contributed by atoms with van der Waals surface area (Å²) >= 11 is 0.